The van der Waals surface area contributed by atoms with Crippen molar-refractivity contribution >= 4 is 65.6 Å². The van der Waals surface area contributed by atoms with Crippen LogP contribution in [0.3, 0.4) is 0 Å². The summed E-state index contributed by atoms with van der Waals surface area (Å²) in [5.74, 6) is 1.81. The second-order valence-corrected chi connectivity index (χ2v) is 12.8. The first-order chi connectivity index (χ1) is 25.3. The van der Waals surface area contributed by atoms with E-state index in [1.165, 1.54) is 0 Å². The van der Waals surface area contributed by atoms with Crippen LogP contribution in [0, 0.1) is 0 Å². The van der Waals surface area contributed by atoms with Gasteiger partial charge in [-0.1, -0.05) is 121 Å². The van der Waals surface area contributed by atoms with Crippen LogP contribution in [-0.4, -0.2) is 24.1 Å². The van der Waals surface area contributed by atoms with Crippen molar-refractivity contribution in [2.75, 3.05) is 0 Å². The molecule has 0 bridgehead atoms. The van der Waals surface area contributed by atoms with Crippen molar-refractivity contribution in [3.63, 3.8) is 0 Å². The zero-order valence-electron chi connectivity index (χ0n) is 27.2. The quantitative estimate of drug-likeness (QED) is 0.190. The standard InChI is InChI=1S/C45H27N5O/c1-4-14-28(15-5-1)43-46-44(29-16-6-2-7-17-29)48-45(47-43)50-35-22-12-10-20-31(35)32-24-26-36-39(41(32)50)34-25-27-38-40(33-21-11-13-23-37(33)51-38)42(34)49(36)30-18-8-3-9-19-30/h1-27H. The number of furan rings is 1. The molecule has 6 nitrogen and oxygen atoms in total. The van der Waals surface area contributed by atoms with Gasteiger partial charge in [-0.3, -0.25) is 4.57 Å². The molecule has 0 unspecified atom stereocenters. The van der Waals surface area contributed by atoms with E-state index in [9.17, 15) is 0 Å². The lowest BCUT2D eigenvalue weighted by molar-refractivity contribution is 0.669. The lowest BCUT2D eigenvalue weighted by Crippen LogP contribution is -2.06. The van der Waals surface area contributed by atoms with Gasteiger partial charge in [-0.15, -0.1) is 0 Å². The average molecular weight is 654 g/mol. The minimum Gasteiger partial charge on any atom is -0.456 e. The van der Waals surface area contributed by atoms with Crippen LogP contribution in [0.15, 0.2) is 168 Å². The summed E-state index contributed by atoms with van der Waals surface area (Å²) in [4.78, 5) is 15.5. The molecule has 238 valence electrons. The van der Waals surface area contributed by atoms with E-state index in [0.717, 1.165) is 82.4 Å². The largest absolute Gasteiger partial charge is 0.456 e. The Hall–Kier alpha value is -7.05. The van der Waals surface area contributed by atoms with Gasteiger partial charge in [0.1, 0.15) is 11.2 Å². The van der Waals surface area contributed by atoms with Gasteiger partial charge in [-0.05, 0) is 42.5 Å². The summed E-state index contributed by atoms with van der Waals surface area (Å²) in [6.07, 6.45) is 0. The molecular formula is C45H27N5O. The molecule has 0 N–H and O–H groups in total. The zero-order chi connectivity index (χ0) is 33.5. The first kappa shape index (κ1) is 27.9. The number of aromatic nitrogens is 5. The average Bonchev–Trinajstić information content (AvgIpc) is 3.86. The summed E-state index contributed by atoms with van der Waals surface area (Å²) < 4.78 is 11.1. The van der Waals surface area contributed by atoms with Crippen LogP contribution in [0.25, 0.3) is 100.0 Å². The van der Waals surface area contributed by atoms with Gasteiger partial charge < -0.3 is 8.98 Å². The lowest BCUT2D eigenvalue weighted by Gasteiger charge is -2.11. The van der Waals surface area contributed by atoms with Gasteiger partial charge in [0.05, 0.1) is 27.5 Å². The Morgan fingerprint density at radius 3 is 1.69 bits per heavy atom. The highest BCUT2D eigenvalue weighted by Gasteiger charge is 2.25. The highest BCUT2D eigenvalue weighted by Crippen LogP contribution is 2.45. The molecule has 51 heavy (non-hydrogen) atoms. The molecule has 0 aliphatic carbocycles. The van der Waals surface area contributed by atoms with Crippen LogP contribution in [-0.2, 0) is 0 Å². The van der Waals surface area contributed by atoms with E-state index in [1.54, 1.807) is 0 Å². The van der Waals surface area contributed by atoms with Crippen molar-refractivity contribution in [1.29, 1.82) is 0 Å². The molecule has 0 aliphatic rings. The Morgan fingerprint density at radius 2 is 0.961 bits per heavy atom. The van der Waals surface area contributed by atoms with Crippen molar-refractivity contribution in [3.8, 4) is 34.4 Å². The molecule has 0 atom stereocenters. The molecule has 0 radical (unpaired) electrons. The fourth-order valence-electron chi connectivity index (χ4n) is 7.80. The van der Waals surface area contributed by atoms with Crippen LogP contribution in [0.1, 0.15) is 0 Å². The van der Waals surface area contributed by atoms with Gasteiger partial charge in [-0.25, -0.2) is 4.98 Å². The Bertz CT molecular complexity index is 3060. The molecule has 0 amide bonds. The van der Waals surface area contributed by atoms with E-state index in [0.29, 0.717) is 17.6 Å². The van der Waals surface area contributed by atoms with Gasteiger partial charge in [0.25, 0.3) is 0 Å². The molecule has 11 aromatic rings. The molecule has 0 aliphatic heterocycles. The number of rotatable bonds is 4. The second-order valence-electron chi connectivity index (χ2n) is 12.8. The summed E-state index contributed by atoms with van der Waals surface area (Å²) in [6.45, 7) is 0. The fraction of sp³-hybridized carbons (Fsp3) is 0. The van der Waals surface area contributed by atoms with E-state index in [-0.39, 0.29) is 0 Å². The monoisotopic (exact) mass is 653 g/mol. The van der Waals surface area contributed by atoms with Crippen molar-refractivity contribution < 1.29 is 4.42 Å². The van der Waals surface area contributed by atoms with Crippen molar-refractivity contribution in [2.24, 2.45) is 0 Å². The molecule has 4 heterocycles. The topological polar surface area (TPSA) is 61.7 Å². The van der Waals surface area contributed by atoms with Gasteiger partial charge in [0, 0.05) is 43.7 Å². The smallest absolute Gasteiger partial charge is 0.238 e. The first-order valence-corrected chi connectivity index (χ1v) is 17.0. The summed E-state index contributed by atoms with van der Waals surface area (Å²) in [5, 5.41) is 6.70. The van der Waals surface area contributed by atoms with Crippen molar-refractivity contribution in [1.82, 2.24) is 24.1 Å². The maximum atomic E-state index is 6.44. The Kier molecular flexibility index (Phi) is 5.86. The van der Waals surface area contributed by atoms with Crippen molar-refractivity contribution in [2.45, 2.75) is 0 Å². The number of nitrogens with zero attached hydrogens (tertiary/aromatic N) is 5. The third kappa shape index (κ3) is 4.07. The molecule has 7 aromatic carbocycles. The summed E-state index contributed by atoms with van der Waals surface area (Å²) in [5.41, 5.74) is 8.94. The van der Waals surface area contributed by atoms with Crippen LogP contribution in [0.4, 0.5) is 0 Å². The van der Waals surface area contributed by atoms with E-state index < -0.39 is 0 Å². The molecule has 11 rings (SSSR count). The summed E-state index contributed by atoms with van der Waals surface area (Å²) in [6, 6.07) is 56.5. The maximum absolute atomic E-state index is 6.44. The lowest BCUT2D eigenvalue weighted by atomic mass is 10.1. The van der Waals surface area contributed by atoms with Crippen LogP contribution < -0.4 is 0 Å². The molecular weight excluding hydrogens is 627 g/mol. The third-order valence-corrected chi connectivity index (χ3v) is 9.97. The minimum atomic E-state index is 0.567. The van der Waals surface area contributed by atoms with Crippen LogP contribution in [0.5, 0.6) is 0 Å². The zero-order valence-corrected chi connectivity index (χ0v) is 27.2. The number of hydrogen-bond donors (Lipinski definition) is 0. The van der Waals surface area contributed by atoms with Crippen molar-refractivity contribution in [3.05, 3.63) is 164 Å². The normalized spacial score (nSPS) is 11.9. The summed E-state index contributed by atoms with van der Waals surface area (Å²) >= 11 is 0. The van der Waals surface area contributed by atoms with E-state index in [2.05, 4.69) is 100 Å². The van der Waals surface area contributed by atoms with Gasteiger partial charge in [0.2, 0.25) is 5.95 Å². The number of benzene rings is 7. The Balaban J connectivity index is 1.35. The van der Waals surface area contributed by atoms with Gasteiger partial charge in [0.15, 0.2) is 11.6 Å². The highest BCUT2D eigenvalue weighted by atomic mass is 16.3. The predicted molar refractivity (Wildman–Crippen MR) is 207 cm³/mol. The summed E-state index contributed by atoms with van der Waals surface area (Å²) in [7, 11) is 0. The second kappa shape index (κ2) is 10.7. The Morgan fingerprint density at radius 1 is 0.373 bits per heavy atom. The molecule has 0 fully saturated rings. The molecule has 0 spiro atoms. The number of para-hydroxylation sites is 3. The Labute approximate surface area is 291 Å². The maximum Gasteiger partial charge on any atom is 0.238 e. The number of hydrogen-bond acceptors (Lipinski definition) is 4. The number of fused-ring (bicyclic) bond motifs is 11. The fourth-order valence-corrected chi connectivity index (χ4v) is 7.80. The predicted octanol–water partition coefficient (Wildman–Crippen LogP) is 11.3. The van der Waals surface area contributed by atoms with E-state index in [4.69, 9.17) is 19.4 Å². The molecule has 4 aromatic heterocycles. The van der Waals surface area contributed by atoms with Crippen LogP contribution in [0.2, 0.25) is 0 Å². The SMILES string of the molecule is c1ccc(-c2nc(-c3ccccc3)nc(-n3c4ccccc4c4ccc5c(c6ccc7oc8ccccc8c7c6n5-c5ccccc5)c43)n2)cc1. The molecule has 0 saturated carbocycles. The van der Waals surface area contributed by atoms with Crippen LogP contribution >= 0.6 is 0 Å². The highest BCUT2D eigenvalue weighted by molar-refractivity contribution is 6.31. The van der Waals surface area contributed by atoms with Gasteiger partial charge in [-0.2, -0.15) is 9.97 Å². The first-order valence-electron chi connectivity index (χ1n) is 17.0. The minimum absolute atomic E-state index is 0.567. The van der Waals surface area contributed by atoms with E-state index >= 15 is 0 Å². The molecule has 0 saturated heterocycles. The van der Waals surface area contributed by atoms with Gasteiger partial charge >= 0.3 is 0 Å². The third-order valence-electron chi connectivity index (χ3n) is 9.97. The molecule has 6 heteroatoms. The van der Waals surface area contributed by atoms with E-state index in [1.807, 2.05) is 72.8 Å².